The third-order valence-electron chi connectivity index (χ3n) is 2.67. The van der Waals surface area contributed by atoms with E-state index in [1.54, 1.807) is 21.3 Å². The summed E-state index contributed by atoms with van der Waals surface area (Å²) in [5.41, 5.74) is 1.20. The topological polar surface area (TPSA) is 39.7 Å². The molecule has 0 heterocycles. The van der Waals surface area contributed by atoms with Crippen molar-refractivity contribution in [2.24, 2.45) is 0 Å². The maximum atomic E-state index is 5.46. The Hall–Kier alpha value is -0.723. The Morgan fingerprint density at radius 3 is 2.29 bits per heavy atom. The van der Waals surface area contributed by atoms with Gasteiger partial charge < -0.3 is 18.6 Å². The van der Waals surface area contributed by atoms with Gasteiger partial charge in [-0.25, -0.2) is 0 Å². The largest absolute Gasteiger partial charge is 0.536 e. The van der Waals surface area contributed by atoms with Gasteiger partial charge in [-0.3, -0.25) is 0 Å². The van der Waals surface area contributed by atoms with E-state index >= 15 is 0 Å². The monoisotopic (exact) mass is 255 g/mol. The Kier molecular flexibility index (Phi) is 5.80. The zero-order valence-electron chi connectivity index (χ0n) is 10.9. The Morgan fingerprint density at radius 1 is 1.12 bits per heavy atom. The summed E-state index contributed by atoms with van der Waals surface area (Å²) in [6.45, 7) is 3.87. The molecule has 0 atom stereocenters. The van der Waals surface area contributed by atoms with Crippen molar-refractivity contribution in [2.45, 2.75) is 13.5 Å². The second-order valence-corrected chi connectivity index (χ2v) is 6.56. The fourth-order valence-electron chi connectivity index (χ4n) is 1.74. The summed E-state index contributed by atoms with van der Waals surface area (Å²) in [5, 5.41) is 4.28. The van der Waals surface area contributed by atoms with Crippen molar-refractivity contribution in [2.75, 3.05) is 27.9 Å². The summed E-state index contributed by atoms with van der Waals surface area (Å²) in [6, 6.07) is 8.14. The first-order chi connectivity index (χ1) is 8.22. The molecular formula is C12H21NO3Si. The number of hydrogen-bond acceptors (Lipinski definition) is 4. The predicted octanol–water partition coefficient (Wildman–Crippen LogP) is 0.881. The zero-order chi connectivity index (χ0) is 12.7. The quantitative estimate of drug-likeness (QED) is 0.734. The molecule has 0 amide bonds. The van der Waals surface area contributed by atoms with Gasteiger partial charge in [0, 0.05) is 33.1 Å². The Balaban J connectivity index is 2.96. The lowest BCUT2D eigenvalue weighted by atomic mass is 10.2. The molecule has 1 N–H and O–H groups in total. The molecule has 5 heteroatoms. The van der Waals surface area contributed by atoms with E-state index in [0.29, 0.717) is 0 Å². The lowest BCUT2D eigenvalue weighted by molar-refractivity contribution is 0.140. The summed E-state index contributed by atoms with van der Waals surface area (Å²) >= 11 is 0. The van der Waals surface area contributed by atoms with E-state index in [9.17, 15) is 0 Å². The summed E-state index contributed by atoms with van der Waals surface area (Å²) in [4.78, 5) is 0. The van der Waals surface area contributed by atoms with Crippen LogP contribution < -0.4 is 10.5 Å². The van der Waals surface area contributed by atoms with Crippen LogP contribution in [0, 0.1) is 0 Å². The number of rotatable bonds is 7. The minimum Gasteiger partial charge on any atom is -0.373 e. The van der Waals surface area contributed by atoms with Crippen LogP contribution in [0.25, 0.3) is 0 Å². The average Bonchev–Trinajstić information content (AvgIpc) is 2.40. The van der Waals surface area contributed by atoms with Crippen molar-refractivity contribution in [3.8, 4) is 0 Å². The SMILES string of the molecule is CCNCc1cccc([Si](OC)(OC)OC)c1. The van der Waals surface area contributed by atoms with Crippen molar-refractivity contribution in [3.05, 3.63) is 29.8 Å². The zero-order valence-corrected chi connectivity index (χ0v) is 11.9. The molecule has 1 aromatic carbocycles. The molecule has 96 valence electrons. The van der Waals surface area contributed by atoms with Crippen LogP contribution in [0.4, 0.5) is 0 Å². The Morgan fingerprint density at radius 2 is 1.76 bits per heavy atom. The van der Waals surface area contributed by atoms with Crippen molar-refractivity contribution >= 4 is 14.0 Å². The summed E-state index contributed by atoms with van der Waals surface area (Å²) in [5.74, 6) is 0. The van der Waals surface area contributed by atoms with Crippen molar-refractivity contribution in [3.63, 3.8) is 0 Å². The molecule has 1 rings (SSSR count). The van der Waals surface area contributed by atoms with Gasteiger partial charge in [0.25, 0.3) is 0 Å². The highest BCUT2D eigenvalue weighted by atomic mass is 28.4. The molecule has 0 aliphatic carbocycles. The Bertz CT molecular complexity index is 334. The molecule has 0 aliphatic rings. The molecule has 4 nitrogen and oxygen atoms in total. The molecule has 0 aromatic heterocycles. The minimum absolute atomic E-state index is 0.839. The highest BCUT2D eigenvalue weighted by Gasteiger charge is 2.40. The van der Waals surface area contributed by atoms with Crippen LogP contribution in [0.1, 0.15) is 12.5 Å². The van der Waals surface area contributed by atoms with Gasteiger partial charge in [0.2, 0.25) is 0 Å². The second kappa shape index (κ2) is 6.88. The van der Waals surface area contributed by atoms with Gasteiger partial charge in [-0.05, 0) is 12.1 Å². The first-order valence-corrected chi connectivity index (χ1v) is 7.40. The molecule has 0 aliphatic heterocycles. The lowest BCUT2D eigenvalue weighted by Gasteiger charge is -2.24. The number of nitrogens with one attached hydrogen (secondary N) is 1. The highest BCUT2D eigenvalue weighted by Crippen LogP contribution is 2.08. The molecular weight excluding hydrogens is 234 g/mol. The number of hydrogen-bond donors (Lipinski definition) is 1. The van der Waals surface area contributed by atoms with Crippen LogP contribution in [-0.4, -0.2) is 36.7 Å². The molecule has 0 saturated carbocycles. The molecule has 0 bridgehead atoms. The summed E-state index contributed by atoms with van der Waals surface area (Å²) < 4.78 is 16.4. The maximum absolute atomic E-state index is 5.46. The fourth-order valence-corrected chi connectivity index (χ4v) is 3.61. The third-order valence-corrected chi connectivity index (χ3v) is 5.30. The normalized spacial score (nSPS) is 11.8. The van der Waals surface area contributed by atoms with Crippen LogP contribution in [0.5, 0.6) is 0 Å². The fraction of sp³-hybridized carbons (Fsp3) is 0.500. The van der Waals surface area contributed by atoms with Crippen LogP contribution >= 0.6 is 0 Å². The third kappa shape index (κ3) is 3.37. The van der Waals surface area contributed by atoms with Gasteiger partial charge in [0.1, 0.15) is 0 Å². The predicted molar refractivity (Wildman–Crippen MR) is 70.2 cm³/mol. The van der Waals surface area contributed by atoms with Gasteiger partial charge in [-0.15, -0.1) is 0 Å². The standard InChI is InChI=1S/C12H21NO3Si/c1-5-13-10-11-7-6-8-12(9-11)17(14-2,15-3)16-4/h6-9,13H,5,10H2,1-4H3. The van der Waals surface area contributed by atoms with Crippen LogP contribution in [0.3, 0.4) is 0 Å². The van der Waals surface area contributed by atoms with Gasteiger partial charge in [0.15, 0.2) is 0 Å². The van der Waals surface area contributed by atoms with E-state index < -0.39 is 8.80 Å². The van der Waals surface area contributed by atoms with E-state index in [0.717, 1.165) is 18.3 Å². The van der Waals surface area contributed by atoms with Gasteiger partial charge >= 0.3 is 8.80 Å². The summed E-state index contributed by atoms with van der Waals surface area (Å²) in [6.07, 6.45) is 0. The van der Waals surface area contributed by atoms with Gasteiger partial charge in [-0.1, -0.05) is 31.2 Å². The highest BCUT2D eigenvalue weighted by molar-refractivity contribution is 6.75. The minimum atomic E-state index is -2.69. The molecule has 0 fully saturated rings. The van der Waals surface area contributed by atoms with Crippen LogP contribution in [0.15, 0.2) is 24.3 Å². The second-order valence-electron chi connectivity index (χ2n) is 3.65. The van der Waals surface area contributed by atoms with Gasteiger partial charge in [0.05, 0.1) is 0 Å². The van der Waals surface area contributed by atoms with Crippen LogP contribution in [-0.2, 0) is 19.8 Å². The first kappa shape index (κ1) is 14.3. The van der Waals surface area contributed by atoms with E-state index in [1.165, 1.54) is 5.56 Å². The van der Waals surface area contributed by atoms with Crippen molar-refractivity contribution in [1.82, 2.24) is 5.32 Å². The Labute approximate surface area is 104 Å². The molecule has 17 heavy (non-hydrogen) atoms. The molecule has 0 radical (unpaired) electrons. The molecule has 0 saturated heterocycles. The van der Waals surface area contributed by atoms with E-state index in [1.807, 2.05) is 12.1 Å². The molecule has 1 aromatic rings. The first-order valence-electron chi connectivity index (χ1n) is 5.68. The van der Waals surface area contributed by atoms with Crippen molar-refractivity contribution < 1.29 is 13.3 Å². The van der Waals surface area contributed by atoms with Crippen LogP contribution in [0.2, 0.25) is 0 Å². The van der Waals surface area contributed by atoms with Gasteiger partial charge in [-0.2, -0.15) is 0 Å². The smallest absolute Gasteiger partial charge is 0.373 e. The average molecular weight is 255 g/mol. The van der Waals surface area contributed by atoms with E-state index in [-0.39, 0.29) is 0 Å². The molecule has 0 unspecified atom stereocenters. The van der Waals surface area contributed by atoms with E-state index in [2.05, 4.69) is 24.4 Å². The lowest BCUT2D eigenvalue weighted by Crippen LogP contribution is -2.54. The summed E-state index contributed by atoms with van der Waals surface area (Å²) in [7, 11) is 2.17. The maximum Gasteiger partial charge on any atom is 0.536 e. The van der Waals surface area contributed by atoms with E-state index in [4.69, 9.17) is 13.3 Å². The number of benzene rings is 1. The van der Waals surface area contributed by atoms with Crippen molar-refractivity contribution in [1.29, 1.82) is 0 Å². The molecule has 0 spiro atoms.